The Bertz CT molecular complexity index is 494. The van der Waals surface area contributed by atoms with Crippen molar-refractivity contribution < 1.29 is 17.9 Å². The second kappa shape index (κ2) is 5.28. The van der Waals surface area contributed by atoms with Crippen LogP contribution in [0.4, 0.5) is 0 Å². The van der Waals surface area contributed by atoms with Crippen molar-refractivity contribution in [2.24, 2.45) is 7.05 Å². The first kappa shape index (κ1) is 13.7. The number of likely N-dealkylation sites (N-methyl/N-ethyl adjacent to an activating group) is 1. The molecule has 7 nitrogen and oxygen atoms in total. The van der Waals surface area contributed by atoms with Crippen molar-refractivity contribution in [3.63, 3.8) is 0 Å². The van der Waals surface area contributed by atoms with E-state index < -0.39 is 16.0 Å². The Kier molecular flexibility index (Phi) is 4.24. The molecular formula is C9H15N3O4S. The summed E-state index contributed by atoms with van der Waals surface area (Å²) in [6, 6.07) is 0. The maximum Gasteiger partial charge on any atom is 0.321 e. The summed E-state index contributed by atoms with van der Waals surface area (Å²) >= 11 is 0. The molecule has 1 aromatic rings. The second-order valence-corrected chi connectivity index (χ2v) is 5.27. The lowest BCUT2D eigenvalue weighted by Crippen LogP contribution is -2.36. The van der Waals surface area contributed by atoms with Crippen LogP contribution in [0, 0.1) is 0 Å². The number of rotatable bonds is 5. The molecule has 0 aliphatic rings. The lowest BCUT2D eigenvalue weighted by molar-refractivity contribution is -0.140. The lowest BCUT2D eigenvalue weighted by Gasteiger charge is -2.17. The van der Waals surface area contributed by atoms with Gasteiger partial charge in [0.2, 0.25) is 0 Å². The maximum atomic E-state index is 12.1. The van der Waals surface area contributed by atoms with Gasteiger partial charge >= 0.3 is 5.97 Å². The average molecular weight is 261 g/mol. The third kappa shape index (κ3) is 3.04. The van der Waals surface area contributed by atoms with E-state index in [0.717, 1.165) is 4.31 Å². The van der Waals surface area contributed by atoms with E-state index in [-0.39, 0.29) is 18.1 Å². The summed E-state index contributed by atoms with van der Waals surface area (Å²) in [4.78, 5) is 14.9. The predicted octanol–water partition coefficient (Wildman–Crippen LogP) is -0.396. The van der Waals surface area contributed by atoms with E-state index in [2.05, 4.69) is 9.72 Å². The molecule has 0 spiro atoms. The van der Waals surface area contributed by atoms with E-state index in [0.29, 0.717) is 0 Å². The molecule has 1 rings (SSSR count). The number of sulfonamides is 1. The van der Waals surface area contributed by atoms with Gasteiger partial charge in [-0.25, -0.2) is 13.4 Å². The molecule has 0 radical (unpaired) electrons. The second-order valence-electron chi connectivity index (χ2n) is 3.38. The van der Waals surface area contributed by atoms with Crippen LogP contribution in [-0.2, 0) is 26.6 Å². The van der Waals surface area contributed by atoms with Crippen LogP contribution in [0.25, 0.3) is 0 Å². The van der Waals surface area contributed by atoms with E-state index in [1.807, 2.05) is 0 Å². The fourth-order valence-electron chi connectivity index (χ4n) is 1.23. The summed E-state index contributed by atoms with van der Waals surface area (Å²) in [6.07, 6.45) is 2.77. The molecule has 8 heteroatoms. The molecule has 0 atom stereocenters. The monoisotopic (exact) mass is 261 g/mol. The van der Waals surface area contributed by atoms with Gasteiger partial charge in [-0.15, -0.1) is 0 Å². The van der Waals surface area contributed by atoms with Crippen LogP contribution in [0.3, 0.4) is 0 Å². The van der Waals surface area contributed by atoms with Crippen LogP contribution >= 0.6 is 0 Å². The molecule has 0 fully saturated rings. The number of ether oxygens (including phenoxy) is 1. The van der Waals surface area contributed by atoms with Crippen molar-refractivity contribution in [3.05, 3.63) is 12.5 Å². The number of hydrogen-bond donors (Lipinski definition) is 0. The molecule has 1 heterocycles. The lowest BCUT2D eigenvalue weighted by atomic mass is 10.6. The fourth-order valence-corrected chi connectivity index (χ4v) is 2.59. The SMILES string of the molecule is CCN(CC(=O)OC)S(=O)(=O)c1cn(C)cn1. The predicted molar refractivity (Wildman–Crippen MR) is 59.7 cm³/mol. The van der Waals surface area contributed by atoms with E-state index >= 15 is 0 Å². The third-order valence-corrected chi connectivity index (χ3v) is 3.98. The quantitative estimate of drug-likeness (QED) is 0.674. The molecule has 0 aliphatic carbocycles. The number of aromatic nitrogens is 2. The van der Waals surface area contributed by atoms with Gasteiger partial charge in [0.05, 0.1) is 13.4 Å². The molecule has 0 saturated heterocycles. The summed E-state index contributed by atoms with van der Waals surface area (Å²) in [5, 5.41) is -0.0780. The Morgan fingerprint density at radius 1 is 1.59 bits per heavy atom. The highest BCUT2D eigenvalue weighted by Gasteiger charge is 2.27. The number of carbonyl (C=O) groups is 1. The summed E-state index contributed by atoms with van der Waals surface area (Å²) in [6.45, 7) is 1.50. The molecule has 96 valence electrons. The van der Waals surface area contributed by atoms with Gasteiger partial charge in [0.25, 0.3) is 10.0 Å². The van der Waals surface area contributed by atoms with Gasteiger partial charge in [-0.05, 0) is 0 Å². The molecule has 0 aliphatic heterocycles. The number of carbonyl (C=O) groups excluding carboxylic acids is 1. The number of methoxy groups -OCH3 is 1. The Morgan fingerprint density at radius 3 is 2.65 bits per heavy atom. The van der Waals surface area contributed by atoms with Gasteiger partial charge < -0.3 is 9.30 Å². The summed E-state index contributed by atoms with van der Waals surface area (Å²) in [5.74, 6) is -0.605. The molecule has 0 unspecified atom stereocenters. The zero-order valence-corrected chi connectivity index (χ0v) is 10.8. The smallest absolute Gasteiger partial charge is 0.321 e. The van der Waals surface area contributed by atoms with Gasteiger partial charge in [-0.2, -0.15) is 4.31 Å². The molecule has 1 aromatic heterocycles. The van der Waals surface area contributed by atoms with Crippen molar-refractivity contribution in [1.29, 1.82) is 0 Å². The highest BCUT2D eigenvalue weighted by molar-refractivity contribution is 7.89. The number of hydrogen-bond acceptors (Lipinski definition) is 5. The van der Waals surface area contributed by atoms with Gasteiger partial charge in [0.1, 0.15) is 6.54 Å². The number of aryl methyl sites for hydroxylation is 1. The third-order valence-electron chi connectivity index (χ3n) is 2.17. The van der Waals surface area contributed by atoms with Crippen LogP contribution in [0.5, 0.6) is 0 Å². The van der Waals surface area contributed by atoms with Crippen molar-refractivity contribution in [2.75, 3.05) is 20.2 Å². The Morgan fingerprint density at radius 2 is 2.24 bits per heavy atom. The zero-order chi connectivity index (χ0) is 13.1. The Labute approximate surface area is 100 Å². The molecule has 0 aromatic carbocycles. The van der Waals surface area contributed by atoms with Gasteiger partial charge in [0.15, 0.2) is 5.03 Å². The first-order valence-electron chi connectivity index (χ1n) is 4.96. The number of esters is 1. The maximum absolute atomic E-state index is 12.1. The summed E-state index contributed by atoms with van der Waals surface area (Å²) in [5.41, 5.74) is 0. The standard InChI is InChI=1S/C9H15N3O4S/c1-4-12(6-9(13)16-3)17(14,15)8-5-11(2)7-10-8/h5,7H,4,6H2,1-3H3. The van der Waals surface area contributed by atoms with Crippen LogP contribution < -0.4 is 0 Å². The van der Waals surface area contributed by atoms with E-state index in [1.165, 1.54) is 24.2 Å². The van der Waals surface area contributed by atoms with Crippen LogP contribution in [0.1, 0.15) is 6.92 Å². The van der Waals surface area contributed by atoms with Crippen molar-refractivity contribution in [3.8, 4) is 0 Å². The number of nitrogens with zero attached hydrogens (tertiary/aromatic N) is 3. The highest BCUT2D eigenvalue weighted by Crippen LogP contribution is 2.12. The van der Waals surface area contributed by atoms with Gasteiger partial charge in [-0.1, -0.05) is 6.92 Å². The van der Waals surface area contributed by atoms with E-state index in [1.54, 1.807) is 14.0 Å². The minimum absolute atomic E-state index is 0.0780. The fraction of sp³-hybridized carbons (Fsp3) is 0.556. The minimum Gasteiger partial charge on any atom is -0.468 e. The Hall–Kier alpha value is -1.41. The average Bonchev–Trinajstić information content (AvgIpc) is 2.72. The van der Waals surface area contributed by atoms with Crippen LogP contribution in [-0.4, -0.2) is 48.4 Å². The van der Waals surface area contributed by atoms with E-state index in [9.17, 15) is 13.2 Å². The first-order chi connectivity index (χ1) is 7.91. The highest BCUT2D eigenvalue weighted by atomic mass is 32.2. The molecule has 0 bridgehead atoms. The Balaban J connectivity index is 2.98. The van der Waals surface area contributed by atoms with Crippen LogP contribution in [0.15, 0.2) is 17.6 Å². The largest absolute Gasteiger partial charge is 0.468 e. The molecule has 17 heavy (non-hydrogen) atoms. The molecule has 0 saturated carbocycles. The zero-order valence-electron chi connectivity index (χ0n) is 9.95. The number of imidazole rings is 1. The first-order valence-corrected chi connectivity index (χ1v) is 6.40. The minimum atomic E-state index is -3.73. The van der Waals surface area contributed by atoms with Crippen molar-refractivity contribution >= 4 is 16.0 Å². The van der Waals surface area contributed by atoms with Crippen molar-refractivity contribution in [2.45, 2.75) is 11.9 Å². The van der Waals surface area contributed by atoms with E-state index in [4.69, 9.17) is 0 Å². The normalized spacial score (nSPS) is 11.8. The van der Waals surface area contributed by atoms with Gasteiger partial charge in [-0.3, -0.25) is 4.79 Å². The summed E-state index contributed by atoms with van der Waals surface area (Å²) in [7, 11) is -0.854. The summed E-state index contributed by atoms with van der Waals surface area (Å²) < 4.78 is 31.1. The van der Waals surface area contributed by atoms with Crippen LogP contribution in [0.2, 0.25) is 0 Å². The topological polar surface area (TPSA) is 81.5 Å². The van der Waals surface area contributed by atoms with Gasteiger partial charge in [0, 0.05) is 19.8 Å². The molecule has 0 N–H and O–H groups in total. The van der Waals surface area contributed by atoms with Crippen molar-refractivity contribution in [1.82, 2.24) is 13.9 Å². The molecule has 0 amide bonds. The molecular weight excluding hydrogens is 246 g/mol.